The molecule has 0 spiro atoms. The van der Waals surface area contributed by atoms with E-state index in [2.05, 4.69) is 4.74 Å². The molecule has 0 saturated heterocycles. The Kier molecular flexibility index (Phi) is 6.04. The minimum atomic E-state index is -4.38. The summed E-state index contributed by atoms with van der Waals surface area (Å²) in [7, 11) is -2.07. The van der Waals surface area contributed by atoms with Crippen LogP contribution in [0, 0.1) is 11.6 Å². The van der Waals surface area contributed by atoms with Gasteiger partial charge in [0.1, 0.15) is 12.4 Å². The molecule has 0 unspecified atom stereocenters. The van der Waals surface area contributed by atoms with Gasteiger partial charge in [-0.15, -0.1) is 0 Å². The van der Waals surface area contributed by atoms with Gasteiger partial charge >= 0.3 is 5.97 Å². The molecule has 0 fully saturated rings. The van der Waals surface area contributed by atoms with E-state index in [1.165, 1.54) is 7.11 Å². The first-order valence-corrected chi connectivity index (χ1v) is 8.90. The SMILES string of the molecule is COC(=O)CN(c1ccc(F)c(Cl)c1)S(=O)(=O)c1ccc(OC)c(F)c1. The maximum atomic E-state index is 13.9. The minimum absolute atomic E-state index is 0.0852. The topological polar surface area (TPSA) is 72.9 Å². The fourth-order valence-corrected chi connectivity index (χ4v) is 3.66. The lowest BCUT2D eigenvalue weighted by atomic mass is 10.3. The molecule has 10 heteroatoms. The third kappa shape index (κ3) is 4.05. The zero-order valence-electron chi connectivity index (χ0n) is 13.7. The van der Waals surface area contributed by atoms with E-state index in [0.29, 0.717) is 4.31 Å². The quantitative estimate of drug-likeness (QED) is 0.691. The van der Waals surface area contributed by atoms with Gasteiger partial charge in [-0.2, -0.15) is 0 Å². The molecule has 26 heavy (non-hydrogen) atoms. The third-order valence-corrected chi connectivity index (χ3v) is 5.46. The van der Waals surface area contributed by atoms with Crippen molar-refractivity contribution in [1.29, 1.82) is 0 Å². The number of carbonyl (C=O) groups is 1. The Hall–Kier alpha value is -2.39. The number of rotatable bonds is 6. The van der Waals surface area contributed by atoms with Crippen molar-refractivity contribution >= 4 is 33.3 Å². The van der Waals surface area contributed by atoms with Crippen molar-refractivity contribution in [3.63, 3.8) is 0 Å². The van der Waals surface area contributed by atoms with Crippen LogP contribution in [0.4, 0.5) is 14.5 Å². The van der Waals surface area contributed by atoms with Gasteiger partial charge < -0.3 is 9.47 Å². The number of hydrogen-bond donors (Lipinski definition) is 0. The van der Waals surface area contributed by atoms with Gasteiger partial charge in [0.25, 0.3) is 10.0 Å². The van der Waals surface area contributed by atoms with Gasteiger partial charge in [0, 0.05) is 0 Å². The molecule has 6 nitrogen and oxygen atoms in total. The van der Waals surface area contributed by atoms with Gasteiger partial charge in [0.2, 0.25) is 0 Å². The molecular weight excluding hydrogens is 392 g/mol. The predicted octanol–water partition coefficient (Wildman–Crippen LogP) is 3.00. The minimum Gasteiger partial charge on any atom is -0.494 e. The van der Waals surface area contributed by atoms with Crippen molar-refractivity contribution in [3.05, 3.63) is 53.1 Å². The molecule has 0 saturated carbocycles. The molecule has 0 atom stereocenters. The van der Waals surface area contributed by atoms with Crippen molar-refractivity contribution in [2.45, 2.75) is 4.90 Å². The highest BCUT2D eigenvalue weighted by atomic mass is 35.5. The smallest absolute Gasteiger partial charge is 0.326 e. The van der Waals surface area contributed by atoms with Crippen molar-refractivity contribution in [1.82, 2.24) is 0 Å². The molecule has 0 heterocycles. The largest absolute Gasteiger partial charge is 0.494 e. The van der Waals surface area contributed by atoms with E-state index in [0.717, 1.165) is 43.5 Å². The van der Waals surface area contributed by atoms with Crippen LogP contribution >= 0.6 is 11.6 Å². The number of sulfonamides is 1. The van der Waals surface area contributed by atoms with E-state index in [1.54, 1.807) is 0 Å². The Labute approximate surface area is 153 Å². The van der Waals surface area contributed by atoms with Crippen LogP contribution < -0.4 is 9.04 Å². The molecule has 0 bridgehead atoms. The molecule has 0 N–H and O–H groups in total. The second-order valence-electron chi connectivity index (χ2n) is 4.98. The number of carbonyl (C=O) groups excluding carboxylic acids is 1. The zero-order valence-corrected chi connectivity index (χ0v) is 15.3. The fourth-order valence-electron chi connectivity index (χ4n) is 2.07. The van der Waals surface area contributed by atoms with Gasteiger partial charge in [-0.25, -0.2) is 17.2 Å². The molecular formula is C16H14ClF2NO5S. The second-order valence-corrected chi connectivity index (χ2v) is 7.25. The molecule has 140 valence electrons. The maximum Gasteiger partial charge on any atom is 0.326 e. The third-order valence-electron chi connectivity index (χ3n) is 3.40. The van der Waals surface area contributed by atoms with Crippen LogP contribution in [0.5, 0.6) is 5.75 Å². The summed E-state index contributed by atoms with van der Waals surface area (Å²) in [4.78, 5) is 11.2. The highest BCUT2D eigenvalue weighted by Crippen LogP contribution is 2.29. The number of methoxy groups -OCH3 is 2. The molecule has 0 amide bonds. The summed E-state index contributed by atoms with van der Waals surface area (Å²) in [6.07, 6.45) is 0. The van der Waals surface area contributed by atoms with Crippen LogP contribution in [0.2, 0.25) is 5.02 Å². The number of anilines is 1. The Morgan fingerprint density at radius 3 is 2.35 bits per heavy atom. The molecule has 0 radical (unpaired) electrons. The van der Waals surface area contributed by atoms with Crippen LogP contribution in [-0.4, -0.2) is 35.2 Å². The van der Waals surface area contributed by atoms with Crippen LogP contribution in [0.25, 0.3) is 0 Å². The highest BCUT2D eigenvalue weighted by molar-refractivity contribution is 7.92. The summed E-state index contributed by atoms with van der Waals surface area (Å²) < 4.78 is 63.0. The fraction of sp³-hybridized carbons (Fsp3) is 0.188. The Morgan fingerprint density at radius 1 is 1.12 bits per heavy atom. The van der Waals surface area contributed by atoms with Crippen molar-refractivity contribution in [2.75, 3.05) is 25.1 Å². The van der Waals surface area contributed by atoms with Crippen LogP contribution in [-0.2, 0) is 19.6 Å². The first-order chi connectivity index (χ1) is 12.2. The van der Waals surface area contributed by atoms with Crippen LogP contribution in [0.3, 0.4) is 0 Å². The van der Waals surface area contributed by atoms with E-state index in [-0.39, 0.29) is 16.5 Å². The number of halogens is 3. The number of benzene rings is 2. The number of ether oxygens (including phenoxy) is 2. The molecule has 0 aromatic heterocycles. The lowest BCUT2D eigenvalue weighted by Crippen LogP contribution is -2.36. The van der Waals surface area contributed by atoms with E-state index >= 15 is 0 Å². The summed E-state index contributed by atoms with van der Waals surface area (Å²) in [5.74, 6) is -2.68. The predicted molar refractivity (Wildman–Crippen MR) is 90.9 cm³/mol. The molecule has 2 aromatic carbocycles. The highest BCUT2D eigenvalue weighted by Gasteiger charge is 2.29. The van der Waals surface area contributed by atoms with E-state index in [4.69, 9.17) is 16.3 Å². The van der Waals surface area contributed by atoms with Gasteiger partial charge in [-0.05, 0) is 36.4 Å². The van der Waals surface area contributed by atoms with E-state index in [1.807, 2.05) is 0 Å². The van der Waals surface area contributed by atoms with Gasteiger partial charge in [0.05, 0.1) is 29.8 Å². The van der Waals surface area contributed by atoms with E-state index in [9.17, 15) is 22.0 Å². The Balaban J connectivity index is 2.57. The lowest BCUT2D eigenvalue weighted by Gasteiger charge is -2.23. The second kappa shape index (κ2) is 7.88. The standard InChI is InChI=1S/C16H14ClF2NO5S/c1-24-15-6-4-11(8-14(15)19)26(22,23)20(9-16(21)25-2)10-3-5-13(18)12(17)7-10/h3-8H,9H2,1-2H3. The maximum absolute atomic E-state index is 13.9. The average Bonchev–Trinajstić information content (AvgIpc) is 2.61. The summed E-state index contributed by atoms with van der Waals surface area (Å²) in [5, 5.41) is -0.339. The van der Waals surface area contributed by atoms with Crippen molar-refractivity contribution in [3.8, 4) is 5.75 Å². The summed E-state index contributed by atoms with van der Waals surface area (Å²) >= 11 is 5.70. The van der Waals surface area contributed by atoms with E-state index < -0.39 is 39.1 Å². The monoisotopic (exact) mass is 405 g/mol. The lowest BCUT2D eigenvalue weighted by molar-refractivity contribution is -0.138. The summed E-state index contributed by atoms with van der Waals surface area (Å²) in [5.41, 5.74) is -0.0852. The molecule has 2 aromatic rings. The van der Waals surface area contributed by atoms with Gasteiger partial charge in [-0.1, -0.05) is 11.6 Å². The van der Waals surface area contributed by atoms with Gasteiger partial charge in [0.15, 0.2) is 11.6 Å². The summed E-state index contributed by atoms with van der Waals surface area (Å²) in [6, 6.07) is 6.12. The first kappa shape index (κ1) is 19.9. The van der Waals surface area contributed by atoms with Gasteiger partial charge in [-0.3, -0.25) is 9.10 Å². The van der Waals surface area contributed by atoms with Crippen molar-refractivity contribution < 1.29 is 31.5 Å². The van der Waals surface area contributed by atoms with Crippen LogP contribution in [0.15, 0.2) is 41.3 Å². The number of hydrogen-bond acceptors (Lipinski definition) is 5. The Morgan fingerprint density at radius 2 is 1.81 bits per heavy atom. The number of nitrogens with zero attached hydrogens (tertiary/aromatic N) is 1. The molecule has 0 aliphatic heterocycles. The zero-order chi connectivity index (χ0) is 19.5. The normalized spacial score (nSPS) is 11.1. The first-order valence-electron chi connectivity index (χ1n) is 7.09. The average molecular weight is 406 g/mol. The molecule has 0 aliphatic carbocycles. The number of esters is 1. The summed E-state index contributed by atoms with van der Waals surface area (Å²) in [6.45, 7) is -0.714. The molecule has 0 aliphatic rings. The van der Waals surface area contributed by atoms with Crippen LogP contribution in [0.1, 0.15) is 0 Å². The van der Waals surface area contributed by atoms with Crippen molar-refractivity contribution in [2.24, 2.45) is 0 Å². The molecule has 2 rings (SSSR count). The Bertz CT molecular complexity index is 936.